The molecule has 0 aromatic carbocycles. The summed E-state index contributed by atoms with van der Waals surface area (Å²) >= 11 is 5.38. The highest BCUT2D eigenvalue weighted by atomic mass is 32.1. The molecule has 19 heavy (non-hydrogen) atoms. The van der Waals surface area contributed by atoms with Gasteiger partial charge in [-0.15, -0.1) is 0 Å². The highest BCUT2D eigenvalue weighted by Gasteiger charge is 2.23. The Morgan fingerprint density at radius 1 is 1.42 bits per heavy atom. The predicted octanol–water partition coefficient (Wildman–Crippen LogP) is 1.84. The second-order valence-corrected chi connectivity index (χ2v) is 5.69. The number of ether oxygens (including phenoxy) is 1. The Kier molecular flexibility index (Phi) is 3.60. The van der Waals surface area contributed by atoms with Crippen molar-refractivity contribution >= 4 is 23.4 Å². The number of nitrogens with zero attached hydrogens (tertiary/aromatic N) is 4. The highest BCUT2D eigenvalue weighted by molar-refractivity contribution is 7.71. The number of aromatic amines is 1. The van der Waals surface area contributed by atoms with Crippen molar-refractivity contribution < 1.29 is 4.74 Å². The molecule has 0 fully saturated rings. The summed E-state index contributed by atoms with van der Waals surface area (Å²) in [6.07, 6.45) is 1.49. The van der Waals surface area contributed by atoms with Gasteiger partial charge in [0, 0.05) is 12.1 Å². The minimum atomic E-state index is -0.0362. The Balaban J connectivity index is 2.56. The minimum absolute atomic E-state index is 0.0362. The molecule has 0 amide bonds. The van der Waals surface area contributed by atoms with E-state index in [2.05, 4.69) is 33.7 Å². The van der Waals surface area contributed by atoms with Crippen LogP contribution in [0.5, 0.6) is 5.88 Å². The molecule has 0 aliphatic rings. The summed E-state index contributed by atoms with van der Waals surface area (Å²) in [5, 5.41) is 0. The summed E-state index contributed by atoms with van der Waals surface area (Å²) in [5.41, 5.74) is 1.47. The molecule has 0 atom stereocenters. The van der Waals surface area contributed by atoms with E-state index in [1.165, 1.54) is 6.33 Å². The first-order valence-corrected chi connectivity index (χ1v) is 6.42. The van der Waals surface area contributed by atoms with E-state index < -0.39 is 0 Å². The van der Waals surface area contributed by atoms with E-state index >= 15 is 0 Å². The lowest BCUT2D eigenvalue weighted by Crippen LogP contribution is -2.42. The predicted molar refractivity (Wildman–Crippen MR) is 77.0 cm³/mol. The molecule has 104 valence electrons. The maximum Gasteiger partial charge on any atom is 0.242 e. The summed E-state index contributed by atoms with van der Waals surface area (Å²) in [6, 6.07) is 0. The number of fused-ring (bicyclic) bond motifs is 1. The van der Waals surface area contributed by atoms with Gasteiger partial charge in [-0.2, -0.15) is 4.98 Å². The second kappa shape index (κ2) is 4.90. The molecular weight excluding hydrogens is 262 g/mol. The van der Waals surface area contributed by atoms with Crippen LogP contribution in [0.25, 0.3) is 11.2 Å². The van der Waals surface area contributed by atoms with Crippen molar-refractivity contribution in [2.24, 2.45) is 0 Å². The molecule has 0 unspecified atom stereocenters. The molecule has 7 heteroatoms. The van der Waals surface area contributed by atoms with Crippen molar-refractivity contribution in [1.82, 2.24) is 24.4 Å². The first kappa shape index (κ1) is 14.0. The van der Waals surface area contributed by atoms with Crippen LogP contribution in [-0.4, -0.2) is 51.2 Å². The van der Waals surface area contributed by atoms with Crippen LogP contribution in [0.4, 0.5) is 0 Å². The molecular formula is C12H19N5OS. The lowest BCUT2D eigenvalue weighted by atomic mass is 10.0. The number of H-pyrrole nitrogens is 1. The van der Waals surface area contributed by atoms with Gasteiger partial charge in [-0.3, -0.25) is 4.57 Å². The standard InChI is InChI=1S/C12H19N5OS/c1-12(2,16(3)4)6-17-9-8(15-11(17)19)10(18-5)14-7-13-9/h7H,6H2,1-5H3,(H,15,19). The van der Waals surface area contributed by atoms with Crippen LogP contribution in [0, 0.1) is 4.77 Å². The third-order valence-corrected chi connectivity index (χ3v) is 3.80. The average molecular weight is 281 g/mol. The van der Waals surface area contributed by atoms with Gasteiger partial charge in [-0.05, 0) is 40.2 Å². The molecule has 0 bridgehead atoms. The first-order valence-electron chi connectivity index (χ1n) is 6.02. The smallest absolute Gasteiger partial charge is 0.242 e. The van der Waals surface area contributed by atoms with Gasteiger partial charge >= 0.3 is 0 Å². The number of nitrogens with one attached hydrogen (secondary N) is 1. The monoisotopic (exact) mass is 281 g/mol. The number of hydrogen-bond acceptors (Lipinski definition) is 5. The molecule has 2 aromatic heterocycles. The molecule has 0 aliphatic heterocycles. The van der Waals surface area contributed by atoms with Crippen molar-refractivity contribution in [3.63, 3.8) is 0 Å². The summed E-state index contributed by atoms with van der Waals surface area (Å²) in [5.74, 6) is 0.512. The third-order valence-electron chi connectivity index (χ3n) is 3.47. The summed E-state index contributed by atoms with van der Waals surface area (Å²) < 4.78 is 7.83. The summed E-state index contributed by atoms with van der Waals surface area (Å²) in [7, 11) is 5.68. The molecule has 6 nitrogen and oxygen atoms in total. The van der Waals surface area contributed by atoms with Gasteiger partial charge in [-0.1, -0.05) is 0 Å². The Bertz CT molecular complexity index is 643. The second-order valence-electron chi connectivity index (χ2n) is 5.30. The maximum atomic E-state index is 5.38. The SMILES string of the molecule is COc1ncnc2c1[nH]c(=S)n2CC(C)(C)N(C)C. The average Bonchev–Trinajstić information content (AvgIpc) is 2.65. The van der Waals surface area contributed by atoms with Crippen LogP contribution in [0.15, 0.2) is 6.33 Å². The van der Waals surface area contributed by atoms with Crippen LogP contribution < -0.4 is 4.74 Å². The van der Waals surface area contributed by atoms with Gasteiger partial charge in [0.05, 0.1) is 7.11 Å². The Labute approximate surface area is 117 Å². The van der Waals surface area contributed by atoms with E-state index in [9.17, 15) is 0 Å². The minimum Gasteiger partial charge on any atom is -0.479 e. The normalized spacial score (nSPS) is 12.3. The fourth-order valence-electron chi connectivity index (χ4n) is 1.78. The van der Waals surface area contributed by atoms with Gasteiger partial charge in [0.15, 0.2) is 10.4 Å². The fourth-order valence-corrected chi connectivity index (χ4v) is 2.03. The zero-order chi connectivity index (χ0) is 14.2. The molecule has 2 aromatic rings. The third kappa shape index (κ3) is 2.48. The number of methoxy groups -OCH3 is 1. The van der Waals surface area contributed by atoms with Crippen LogP contribution in [0.1, 0.15) is 13.8 Å². The lowest BCUT2D eigenvalue weighted by molar-refractivity contribution is 0.170. The van der Waals surface area contributed by atoms with Crippen molar-refractivity contribution in [3.8, 4) is 5.88 Å². The van der Waals surface area contributed by atoms with Crippen LogP contribution in [0.2, 0.25) is 0 Å². The fraction of sp³-hybridized carbons (Fsp3) is 0.583. The summed E-state index contributed by atoms with van der Waals surface area (Å²) in [6.45, 7) is 5.05. The van der Waals surface area contributed by atoms with Crippen molar-refractivity contribution in [3.05, 3.63) is 11.1 Å². The van der Waals surface area contributed by atoms with Crippen LogP contribution in [-0.2, 0) is 6.54 Å². The van der Waals surface area contributed by atoms with E-state index in [1.807, 2.05) is 18.7 Å². The maximum absolute atomic E-state index is 5.38. The highest BCUT2D eigenvalue weighted by Crippen LogP contribution is 2.22. The number of rotatable bonds is 4. The van der Waals surface area contributed by atoms with E-state index in [-0.39, 0.29) is 5.54 Å². The van der Waals surface area contributed by atoms with Gasteiger partial charge in [0.25, 0.3) is 0 Å². The van der Waals surface area contributed by atoms with E-state index in [0.717, 1.165) is 17.7 Å². The van der Waals surface area contributed by atoms with Gasteiger partial charge < -0.3 is 14.6 Å². The molecule has 1 N–H and O–H groups in total. The molecule has 0 radical (unpaired) electrons. The molecule has 2 heterocycles. The number of aromatic nitrogens is 4. The molecule has 0 aliphatic carbocycles. The zero-order valence-corrected chi connectivity index (χ0v) is 12.7. The van der Waals surface area contributed by atoms with Crippen molar-refractivity contribution in [2.75, 3.05) is 21.2 Å². The quantitative estimate of drug-likeness (QED) is 0.867. The molecule has 0 saturated carbocycles. The zero-order valence-electron chi connectivity index (χ0n) is 11.9. The topological polar surface area (TPSA) is 59.0 Å². The Hall–Kier alpha value is -1.47. The molecule has 2 rings (SSSR count). The lowest BCUT2D eigenvalue weighted by Gasteiger charge is -2.32. The number of likely N-dealkylation sites (N-methyl/N-ethyl adjacent to an activating group) is 1. The van der Waals surface area contributed by atoms with Crippen molar-refractivity contribution in [2.45, 2.75) is 25.9 Å². The van der Waals surface area contributed by atoms with E-state index in [1.54, 1.807) is 7.11 Å². The van der Waals surface area contributed by atoms with Gasteiger partial charge in [0.1, 0.15) is 11.8 Å². The molecule has 0 saturated heterocycles. The number of imidazole rings is 1. The molecule has 0 spiro atoms. The van der Waals surface area contributed by atoms with Crippen molar-refractivity contribution in [1.29, 1.82) is 0 Å². The van der Waals surface area contributed by atoms with E-state index in [4.69, 9.17) is 17.0 Å². The summed E-state index contributed by atoms with van der Waals surface area (Å²) in [4.78, 5) is 13.7. The van der Waals surface area contributed by atoms with E-state index in [0.29, 0.717) is 10.7 Å². The number of hydrogen-bond donors (Lipinski definition) is 1. The van der Waals surface area contributed by atoms with Gasteiger partial charge in [-0.25, -0.2) is 4.98 Å². The Morgan fingerprint density at radius 2 is 2.11 bits per heavy atom. The largest absolute Gasteiger partial charge is 0.479 e. The first-order chi connectivity index (χ1) is 8.86. The van der Waals surface area contributed by atoms with Gasteiger partial charge in [0.2, 0.25) is 5.88 Å². The van der Waals surface area contributed by atoms with Crippen LogP contribution in [0.3, 0.4) is 0 Å². The Morgan fingerprint density at radius 3 is 2.68 bits per heavy atom. The van der Waals surface area contributed by atoms with Crippen LogP contribution >= 0.6 is 12.2 Å².